The van der Waals surface area contributed by atoms with Gasteiger partial charge < -0.3 is 9.90 Å². The van der Waals surface area contributed by atoms with Crippen molar-refractivity contribution in [2.75, 3.05) is 0 Å². The molecule has 1 aromatic carbocycles. The molecule has 0 aliphatic heterocycles. The van der Waals surface area contributed by atoms with Gasteiger partial charge in [-0.3, -0.25) is 0 Å². The van der Waals surface area contributed by atoms with Gasteiger partial charge >= 0.3 is 0 Å². The van der Waals surface area contributed by atoms with Gasteiger partial charge in [0.25, 0.3) is 0 Å². The molecule has 3 nitrogen and oxygen atoms in total. The van der Waals surface area contributed by atoms with Crippen molar-refractivity contribution in [3.05, 3.63) is 41.1 Å². The third-order valence-electron chi connectivity index (χ3n) is 3.16. The van der Waals surface area contributed by atoms with Gasteiger partial charge in [0.15, 0.2) is 5.69 Å². The molecule has 0 radical (unpaired) electrons. The fourth-order valence-corrected chi connectivity index (χ4v) is 2.22. The molecule has 0 saturated heterocycles. The predicted molar refractivity (Wildman–Crippen MR) is 67.9 cm³/mol. The molecule has 0 spiro atoms. The van der Waals surface area contributed by atoms with Crippen molar-refractivity contribution in [2.24, 2.45) is 0 Å². The zero-order chi connectivity index (χ0) is 13.1. The Morgan fingerprint density at radius 3 is 2.78 bits per heavy atom. The molecule has 0 bridgehead atoms. The standard InChI is InChI=1S/C15H17NO2/c1-3-11-4-6-14-13(9-11)12(5-7-15(17)18)8-10(2)16-14/h4,6,8-9H,3,5,7H2,1-2H3,(H,17,18). The number of nitrogens with one attached hydrogen (secondary N) is 1. The maximum Gasteiger partial charge on any atom is 0.211 e. The number of fused-ring (bicyclic) bond motifs is 1. The minimum atomic E-state index is -1.000. The lowest BCUT2D eigenvalue weighted by Crippen LogP contribution is -2.22. The zero-order valence-corrected chi connectivity index (χ0v) is 10.7. The van der Waals surface area contributed by atoms with Crippen molar-refractivity contribution in [1.82, 2.24) is 0 Å². The molecule has 0 aliphatic rings. The van der Waals surface area contributed by atoms with E-state index in [1.165, 1.54) is 5.56 Å². The van der Waals surface area contributed by atoms with E-state index in [1.807, 2.05) is 13.0 Å². The van der Waals surface area contributed by atoms with Crippen LogP contribution in [0.3, 0.4) is 0 Å². The van der Waals surface area contributed by atoms with Crippen molar-refractivity contribution in [3.8, 4) is 0 Å². The molecular weight excluding hydrogens is 226 g/mol. The maximum absolute atomic E-state index is 10.6. The molecule has 0 amide bonds. The van der Waals surface area contributed by atoms with E-state index in [9.17, 15) is 9.90 Å². The van der Waals surface area contributed by atoms with Crippen LogP contribution >= 0.6 is 0 Å². The first-order valence-corrected chi connectivity index (χ1v) is 6.24. The summed E-state index contributed by atoms with van der Waals surface area (Å²) in [5, 5.41) is 11.7. The molecular formula is C15H17NO2. The van der Waals surface area contributed by atoms with Crippen LogP contribution in [0.15, 0.2) is 24.3 Å². The Morgan fingerprint density at radius 1 is 1.33 bits per heavy atom. The van der Waals surface area contributed by atoms with Crippen molar-refractivity contribution >= 4 is 16.9 Å². The molecule has 1 heterocycles. The Labute approximate surface area is 106 Å². The van der Waals surface area contributed by atoms with Gasteiger partial charge in [-0.1, -0.05) is 13.0 Å². The number of aromatic nitrogens is 1. The van der Waals surface area contributed by atoms with Crippen molar-refractivity contribution in [1.29, 1.82) is 0 Å². The summed E-state index contributed by atoms with van der Waals surface area (Å²) in [5.41, 5.74) is 4.43. The van der Waals surface area contributed by atoms with E-state index >= 15 is 0 Å². The summed E-state index contributed by atoms with van der Waals surface area (Å²) in [6.07, 6.45) is 1.56. The number of carboxylic acids is 1. The number of benzene rings is 1. The van der Waals surface area contributed by atoms with Crippen LogP contribution in [0, 0.1) is 6.92 Å². The molecule has 1 N–H and O–H groups in total. The number of aryl methyl sites for hydroxylation is 3. The molecule has 94 valence electrons. The van der Waals surface area contributed by atoms with Crippen LogP contribution in [-0.4, -0.2) is 5.97 Å². The number of pyridine rings is 1. The van der Waals surface area contributed by atoms with E-state index in [0.717, 1.165) is 28.6 Å². The number of carbonyl (C=O) groups is 1. The summed E-state index contributed by atoms with van der Waals surface area (Å²) >= 11 is 0. The number of aliphatic carboxylic acids is 1. The van der Waals surface area contributed by atoms with Gasteiger partial charge in [0.05, 0.1) is 0 Å². The normalized spacial score (nSPS) is 10.8. The Hall–Kier alpha value is -1.90. The predicted octanol–water partition coefficient (Wildman–Crippen LogP) is 1.21. The summed E-state index contributed by atoms with van der Waals surface area (Å²) in [6.45, 7) is 4.09. The molecule has 0 saturated carbocycles. The molecule has 18 heavy (non-hydrogen) atoms. The number of H-pyrrole nitrogens is 1. The first-order valence-electron chi connectivity index (χ1n) is 6.24. The highest BCUT2D eigenvalue weighted by atomic mass is 16.4. The minimum absolute atomic E-state index is 0.0644. The van der Waals surface area contributed by atoms with Crippen LogP contribution in [0.25, 0.3) is 10.9 Å². The number of carboxylic acid groups (broad SMARTS) is 1. The van der Waals surface area contributed by atoms with Crippen molar-refractivity contribution in [2.45, 2.75) is 33.1 Å². The lowest BCUT2D eigenvalue weighted by Gasteiger charge is -2.06. The van der Waals surface area contributed by atoms with E-state index in [4.69, 9.17) is 0 Å². The Kier molecular flexibility index (Phi) is 3.60. The van der Waals surface area contributed by atoms with Gasteiger partial charge in [0, 0.05) is 30.4 Å². The maximum atomic E-state index is 10.6. The van der Waals surface area contributed by atoms with Gasteiger partial charge in [-0.2, -0.15) is 0 Å². The number of hydrogen-bond acceptors (Lipinski definition) is 2. The summed E-state index contributed by atoms with van der Waals surface area (Å²) < 4.78 is 0. The molecule has 2 aromatic rings. The number of hydrogen-bond donors (Lipinski definition) is 0. The molecule has 0 atom stereocenters. The van der Waals surface area contributed by atoms with E-state index in [0.29, 0.717) is 6.42 Å². The summed E-state index contributed by atoms with van der Waals surface area (Å²) in [7, 11) is 0. The van der Waals surface area contributed by atoms with Crippen LogP contribution in [0.5, 0.6) is 0 Å². The number of aromatic amines is 1. The van der Waals surface area contributed by atoms with Crippen LogP contribution in [0.4, 0.5) is 0 Å². The second kappa shape index (κ2) is 5.17. The van der Waals surface area contributed by atoms with Crippen LogP contribution in [-0.2, 0) is 17.6 Å². The second-order valence-corrected chi connectivity index (χ2v) is 4.58. The van der Waals surface area contributed by atoms with Crippen molar-refractivity contribution in [3.63, 3.8) is 0 Å². The fraction of sp³-hybridized carbons (Fsp3) is 0.333. The molecule has 1 aromatic heterocycles. The lowest BCUT2D eigenvalue weighted by atomic mass is 10.0. The van der Waals surface area contributed by atoms with Gasteiger partial charge in [-0.05, 0) is 36.5 Å². The lowest BCUT2D eigenvalue weighted by molar-refractivity contribution is -0.354. The summed E-state index contributed by atoms with van der Waals surface area (Å²) in [5.74, 6) is -1.000. The SMILES string of the molecule is CCc1ccc2[nH+]c(C)cc(CCC(=O)[O-])c2c1. The van der Waals surface area contributed by atoms with Crippen LogP contribution in [0.1, 0.15) is 30.2 Å². The number of rotatable bonds is 4. The highest BCUT2D eigenvalue weighted by Gasteiger charge is 2.09. The topological polar surface area (TPSA) is 54.3 Å². The van der Waals surface area contributed by atoms with Gasteiger partial charge in [0.2, 0.25) is 5.52 Å². The number of carbonyl (C=O) groups excluding carboxylic acids is 1. The Bertz CT molecular complexity index is 590. The monoisotopic (exact) mass is 243 g/mol. The minimum Gasteiger partial charge on any atom is -0.550 e. The first kappa shape index (κ1) is 12.6. The highest BCUT2D eigenvalue weighted by molar-refractivity contribution is 5.80. The zero-order valence-electron chi connectivity index (χ0n) is 10.7. The molecule has 2 rings (SSSR count). The largest absolute Gasteiger partial charge is 0.550 e. The van der Waals surface area contributed by atoms with Gasteiger partial charge in [0.1, 0.15) is 0 Å². The van der Waals surface area contributed by atoms with E-state index in [1.54, 1.807) is 0 Å². The average molecular weight is 243 g/mol. The van der Waals surface area contributed by atoms with Crippen molar-refractivity contribution < 1.29 is 14.9 Å². The van der Waals surface area contributed by atoms with Gasteiger partial charge in [-0.15, -0.1) is 0 Å². The summed E-state index contributed by atoms with van der Waals surface area (Å²) in [4.78, 5) is 13.9. The van der Waals surface area contributed by atoms with E-state index in [2.05, 4.69) is 30.1 Å². The fourth-order valence-electron chi connectivity index (χ4n) is 2.22. The first-order chi connectivity index (χ1) is 8.60. The molecule has 0 unspecified atom stereocenters. The Balaban J connectivity index is 2.50. The second-order valence-electron chi connectivity index (χ2n) is 4.58. The molecule has 0 aliphatic carbocycles. The third-order valence-corrected chi connectivity index (χ3v) is 3.16. The smallest absolute Gasteiger partial charge is 0.211 e. The van der Waals surface area contributed by atoms with Gasteiger partial charge in [-0.25, -0.2) is 4.98 Å². The van der Waals surface area contributed by atoms with Crippen LogP contribution < -0.4 is 10.1 Å². The summed E-state index contributed by atoms with van der Waals surface area (Å²) in [6, 6.07) is 8.31. The average Bonchev–Trinajstić information content (AvgIpc) is 2.35. The quantitative estimate of drug-likeness (QED) is 0.810. The third kappa shape index (κ3) is 2.67. The highest BCUT2D eigenvalue weighted by Crippen LogP contribution is 2.19. The molecule has 0 fully saturated rings. The molecule has 3 heteroatoms. The van der Waals surface area contributed by atoms with Crippen LogP contribution in [0.2, 0.25) is 0 Å². The van der Waals surface area contributed by atoms with E-state index in [-0.39, 0.29) is 6.42 Å². The van der Waals surface area contributed by atoms with E-state index < -0.39 is 5.97 Å². The Morgan fingerprint density at radius 2 is 2.11 bits per heavy atom.